The SMILES string of the molecule is COc1ccc(CN2CCN(C(=S)Nc3ccc(OC(F)F)cc3)CC2)cc1. The summed E-state index contributed by atoms with van der Waals surface area (Å²) in [5, 5.41) is 3.78. The van der Waals surface area contributed by atoms with Crippen molar-refractivity contribution < 1.29 is 18.3 Å². The summed E-state index contributed by atoms with van der Waals surface area (Å²) >= 11 is 5.49. The number of nitrogens with one attached hydrogen (secondary N) is 1. The predicted octanol–water partition coefficient (Wildman–Crippen LogP) is 3.81. The summed E-state index contributed by atoms with van der Waals surface area (Å²) in [5.74, 6) is 0.984. The average Bonchev–Trinajstić information content (AvgIpc) is 2.70. The molecule has 28 heavy (non-hydrogen) atoms. The Bertz CT molecular complexity index is 764. The molecular formula is C20H23F2N3O2S. The minimum atomic E-state index is -2.82. The van der Waals surface area contributed by atoms with Gasteiger partial charge < -0.3 is 19.7 Å². The molecule has 0 amide bonds. The molecule has 0 saturated carbocycles. The summed E-state index contributed by atoms with van der Waals surface area (Å²) in [6.45, 7) is 1.55. The fourth-order valence-corrected chi connectivity index (χ4v) is 3.32. The highest BCUT2D eigenvalue weighted by Crippen LogP contribution is 2.19. The molecule has 0 radical (unpaired) electrons. The summed E-state index contributed by atoms with van der Waals surface area (Å²) in [6.07, 6.45) is 0. The van der Waals surface area contributed by atoms with Gasteiger partial charge in [0, 0.05) is 38.4 Å². The van der Waals surface area contributed by atoms with Crippen LogP contribution in [0, 0.1) is 0 Å². The van der Waals surface area contributed by atoms with E-state index in [9.17, 15) is 8.78 Å². The fraction of sp³-hybridized carbons (Fsp3) is 0.350. The van der Waals surface area contributed by atoms with E-state index in [2.05, 4.69) is 32.0 Å². The number of anilines is 1. The molecule has 2 aromatic carbocycles. The maximum absolute atomic E-state index is 12.2. The van der Waals surface area contributed by atoms with Gasteiger partial charge in [-0.15, -0.1) is 0 Å². The highest BCUT2D eigenvalue weighted by atomic mass is 32.1. The number of hydrogen-bond donors (Lipinski definition) is 1. The second-order valence-corrected chi connectivity index (χ2v) is 6.83. The molecule has 1 saturated heterocycles. The Morgan fingerprint density at radius 2 is 1.61 bits per heavy atom. The van der Waals surface area contributed by atoms with Crippen molar-refractivity contribution in [3.63, 3.8) is 0 Å². The highest BCUT2D eigenvalue weighted by molar-refractivity contribution is 7.80. The second-order valence-electron chi connectivity index (χ2n) is 6.44. The summed E-state index contributed by atoms with van der Waals surface area (Å²) < 4.78 is 33.9. The number of alkyl halides is 2. The number of halogens is 2. The summed E-state index contributed by atoms with van der Waals surface area (Å²) in [5.41, 5.74) is 1.99. The molecule has 1 aliphatic rings. The van der Waals surface area contributed by atoms with Gasteiger partial charge >= 0.3 is 6.61 Å². The van der Waals surface area contributed by atoms with Crippen LogP contribution in [0.15, 0.2) is 48.5 Å². The van der Waals surface area contributed by atoms with Gasteiger partial charge in [0.1, 0.15) is 11.5 Å². The van der Waals surface area contributed by atoms with Gasteiger partial charge in [-0.05, 0) is 54.2 Å². The highest BCUT2D eigenvalue weighted by Gasteiger charge is 2.19. The van der Waals surface area contributed by atoms with Crippen molar-refractivity contribution >= 4 is 23.0 Å². The predicted molar refractivity (Wildman–Crippen MR) is 109 cm³/mol. The Morgan fingerprint density at radius 1 is 1.00 bits per heavy atom. The van der Waals surface area contributed by atoms with E-state index < -0.39 is 6.61 Å². The minimum absolute atomic E-state index is 0.124. The number of methoxy groups -OCH3 is 1. The smallest absolute Gasteiger partial charge is 0.387 e. The molecule has 5 nitrogen and oxygen atoms in total. The molecule has 1 fully saturated rings. The minimum Gasteiger partial charge on any atom is -0.497 e. The van der Waals surface area contributed by atoms with E-state index in [-0.39, 0.29) is 5.75 Å². The molecule has 3 rings (SSSR count). The van der Waals surface area contributed by atoms with Crippen molar-refractivity contribution in [1.29, 1.82) is 0 Å². The van der Waals surface area contributed by atoms with E-state index in [4.69, 9.17) is 17.0 Å². The standard InChI is InChI=1S/C20H23F2N3O2S/c1-26-17-6-2-15(3-7-17)14-24-10-12-25(13-11-24)20(28)23-16-4-8-18(9-5-16)27-19(21)22/h2-9,19H,10-14H2,1H3,(H,23,28). The van der Waals surface area contributed by atoms with Gasteiger partial charge in [0.05, 0.1) is 7.11 Å². The Kier molecular flexibility index (Phi) is 7.00. The van der Waals surface area contributed by atoms with Crippen molar-refractivity contribution in [3.05, 3.63) is 54.1 Å². The van der Waals surface area contributed by atoms with Crippen molar-refractivity contribution in [3.8, 4) is 11.5 Å². The lowest BCUT2D eigenvalue weighted by molar-refractivity contribution is -0.0498. The molecule has 8 heteroatoms. The molecular weight excluding hydrogens is 384 g/mol. The third-order valence-electron chi connectivity index (χ3n) is 4.56. The molecule has 0 bridgehead atoms. The normalized spacial score (nSPS) is 14.8. The molecule has 1 heterocycles. The third-order valence-corrected chi connectivity index (χ3v) is 4.92. The molecule has 0 aromatic heterocycles. The van der Waals surface area contributed by atoms with E-state index in [1.165, 1.54) is 17.7 Å². The fourth-order valence-electron chi connectivity index (χ4n) is 3.02. The molecule has 0 atom stereocenters. The Hall–Kier alpha value is -2.45. The number of nitrogens with zero attached hydrogens (tertiary/aromatic N) is 2. The first-order chi connectivity index (χ1) is 13.5. The molecule has 1 N–H and O–H groups in total. The van der Waals surface area contributed by atoms with Gasteiger partial charge in [-0.25, -0.2) is 0 Å². The lowest BCUT2D eigenvalue weighted by atomic mass is 10.2. The van der Waals surface area contributed by atoms with Gasteiger partial charge in [0.2, 0.25) is 0 Å². The number of rotatable bonds is 6. The molecule has 0 unspecified atom stereocenters. The Balaban J connectivity index is 1.45. The number of thiocarbonyl (C=S) groups is 1. The van der Waals surface area contributed by atoms with Crippen molar-refractivity contribution in [2.45, 2.75) is 13.2 Å². The number of ether oxygens (including phenoxy) is 2. The molecule has 0 spiro atoms. The topological polar surface area (TPSA) is 37.0 Å². The maximum Gasteiger partial charge on any atom is 0.387 e. The second kappa shape index (κ2) is 9.66. The van der Waals surface area contributed by atoms with Crippen molar-refractivity contribution in [1.82, 2.24) is 9.80 Å². The monoisotopic (exact) mass is 407 g/mol. The molecule has 150 valence electrons. The summed E-state index contributed by atoms with van der Waals surface area (Å²) in [6, 6.07) is 14.4. The first-order valence-corrected chi connectivity index (χ1v) is 9.40. The molecule has 2 aromatic rings. The van der Waals surface area contributed by atoms with Crippen LogP contribution >= 0.6 is 12.2 Å². The number of hydrogen-bond acceptors (Lipinski definition) is 4. The van der Waals surface area contributed by atoms with Crippen LogP contribution in [0.5, 0.6) is 11.5 Å². The van der Waals surface area contributed by atoms with E-state index in [0.29, 0.717) is 5.11 Å². The van der Waals surface area contributed by atoms with Gasteiger partial charge in [-0.2, -0.15) is 8.78 Å². The quantitative estimate of drug-likeness (QED) is 0.734. The van der Waals surface area contributed by atoms with Gasteiger partial charge in [0.15, 0.2) is 5.11 Å². The van der Waals surface area contributed by atoms with E-state index in [1.807, 2.05) is 12.1 Å². The zero-order valence-electron chi connectivity index (χ0n) is 15.6. The van der Waals surface area contributed by atoms with Crippen LogP contribution in [0.3, 0.4) is 0 Å². The number of benzene rings is 2. The molecule has 1 aliphatic heterocycles. The van der Waals surface area contributed by atoms with Crippen LogP contribution in [0.4, 0.5) is 14.5 Å². The van der Waals surface area contributed by atoms with Crippen LogP contribution in [0.2, 0.25) is 0 Å². The average molecular weight is 407 g/mol. The zero-order chi connectivity index (χ0) is 19.9. The van der Waals surface area contributed by atoms with Crippen LogP contribution in [0.1, 0.15) is 5.56 Å². The first-order valence-electron chi connectivity index (χ1n) is 8.99. The lowest BCUT2D eigenvalue weighted by Gasteiger charge is -2.36. The van der Waals surface area contributed by atoms with E-state index in [0.717, 1.165) is 44.2 Å². The van der Waals surface area contributed by atoms with Crippen LogP contribution in [0.25, 0.3) is 0 Å². The van der Waals surface area contributed by atoms with E-state index >= 15 is 0 Å². The van der Waals surface area contributed by atoms with Crippen molar-refractivity contribution in [2.75, 3.05) is 38.6 Å². The van der Waals surface area contributed by atoms with Crippen LogP contribution in [-0.4, -0.2) is 54.8 Å². The zero-order valence-corrected chi connectivity index (χ0v) is 16.4. The van der Waals surface area contributed by atoms with Crippen LogP contribution in [-0.2, 0) is 6.54 Å². The summed E-state index contributed by atoms with van der Waals surface area (Å²) in [7, 11) is 1.66. The van der Waals surface area contributed by atoms with Crippen LogP contribution < -0.4 is 14.8 Å². The third kappa shape index (κ3) is 5.77. The Morgan fingerprint density at radius 3 is 2.18 bits per heavy atom. The lowest BCUT2D eigenvalue weighted by Crippen LogP contribution is -2.49. The van der Waals surface area contributed by atoms with E-state index in [1.54, 1.807) is 19.2 Å². The van der Waals surface area contributed by atoms with Gasteiger partial charge in [-0.1, -0.05) is 12.1 Å². The largest absolute Gasteiger partial charge is 0.497 e. The molecule has 0 aliphatic carbocycles. The maximum atomic E-state index is 12.2. The summed E-state index contributed by atoms with van der Waals surface area (Å²) in [4.78, 5) is 4.50. The first kappa shape index (κ1) is 20.3. The van der Waals surface area contributed by atoms with Crippen molar-refractivity contribution in [2.24, 2.45) is 0 Å². The van der Waals surface area contributed by atoms with Gasteiger partial charge in [-0.3, -0.25) is 4.90 Å². The number of piperazine rings is 1. The van der Waals surface area contributed by atoms with Gasteiger partial charge in [0.25, 0.3) is 0 Å². The Labute approximate surface area is 168 Å².